The van der Waals surface area contributed by atoms with E-state index in [0.717, 1.165) is 0 Å². The third-order valence-electron chi connectivity index (χ3n) is 2.46. The second-order valence-electron chi connectivity index (χ2n) is 3.80. The molecule has 2 heterocycles. The maximum atomic E-state index is 10.9. The number of aromatic carboxylic acids is 1. The largest absolute Gasteiger partial charge is 0.478 e. The Balaban J connectivity index is 2.14. The molecular weight excluding hydrogens is 272 g/mol. The van der Waals surface area contributed by atoms with E-state index in [0.29, 0.717) is 12.4 Å². The van der Waals surface area contributed by atoms with E-state index in [1.165, 1.54) is 23.3 Å². The Morgan fingerprint density at radius 1 is 1.50 bits per heavy atom. The lowest BCUT2D eigenvalue weighted by atomic mass is 10.2. The first kappa shape index (κ1) is 12.9. The second kappa shape index (κ2) is 5.37. The number of hydrogen-bond donors (Lipinski definition) is 2. The summed E-state index contributed by atoms with van der Waals surface area (Å²) in [6.07, 6.45) is 0. The van der Waals surface area contributed by atoms with Crippen molar-refractivity contribution >= 4 is 34.7 Å². The molecule has 0 aliphatic heterocycles. The van der Waals surface area contributed by atoms with Gasteiger partial charge in [0.25, 0.3) is 0 Å². The van der Waals surface area contributed by atoms with Crippen molar-refractivity contribution in [2.75, 3.05) is 5.32 Å². The molecule has 2 N–H and O–H groups in total. The quantitative estimate of drug-likeness (QED) is 0.844. The molecule has 6 heteroatoms. The van der Waals surface area contributed by atoms with Crippen molar-refractivity contribution in [2.24, 2.45) is 0 Å². The van der Waals surface area contributed by atoms with Crippen LogP contribution in [0, 0.1) is 6.92 Å². The highest BCUT2D eigenvalue weighted by Crippen LogP contribution is 2.18. The van der Waals surface area contributed by atoms with Crippen molar-refractivity contribution in [2.45, 2.75) is 13.5 Å². The highest BCUT2D eigenvalue weighted by atomic mass is 35.5. The van der Waals surface area contributed by atoms with Gasteiger partial charge >= 0.3 is 5.97 Å². The molecule has 0 atom stereocenters. The smallest absolute Gasteiger partial charge is 0.335 e. The number of aromatic nitrogens is 1. The first-order valence-corrected chi connectivity index (χ1v) is 6.55. The van der Waals surface area contributed by atoms with Gasteiger partial charge in [0.1, 0.15) is 11.0 Å². The predicted molar refractivity (Wildman–Crippen MR) is 72.6 cm³/mol. The molecule has 2 rings (SSSR count). The molecule has 0 bridgehead atoms. The molecule has 4 nitrogen and oxygen atoms in total. The van der Waals surface area contributed by atoms with Gasteiger partial charge in [-0.05, 0) is 40.9 Å². The maximum absolute atomic E-state index is 10.9. The fraction of sp³-hybridized carbons (Fsp3) is 0.167. The molecule has 0 aromatic carbocycles. The predicted octanol–water partition coefficient (Wildman–Crippen LogP) is 3.42. The van der Waals surface area contributed by atoms with Crippen LogP contribution in [-0.2, 0) is 6.54 Å². The van der Waals surface area contributed by atoms with Crippen LogP contribution in [0.4, 0.5) is 5.82 Å². The highest BCUT2D eigenvalue weighted by Gasteiger charge is 2.07. The minimum atomic E-state index is -1.02. The Bertz CT molecular complexity index is 583. The standard InChI is InChI=1S/C12H11ClN2O2S/c1-7-5-18-6-9(7)4-14-11-3-8(12(16)17)2-10(13)15-11/h2-3,5-6H,4H2,1H3,(H,14,15)(H,16,17). The molecule has 2 aromatic rings. The van der Waals surface area contributed by atoms with Gasteiger partial charge in [-0.2, -0.15) is 11.3 Å². The van der Waals surface area contributed by atoms with Crippen LogP contribution >= 0.6 is 22.9 Å². The zero-order valence-electron chi connectivity index (χ0n) is 9.61. The first-order chi connectivity index (χ1) is 8.56. The van der Waals surface area contributed by atoms with Crippen LogP contribution in [0.1, 0.15) is 21.5 Å². The highest BCUT2D eigenvalue weighted by molar-refractivity contribution is 7.08. The Labute approximate surface area is 113 Å². The van der Waals surface area contributed by atoms with Gasteiger partial charge in [0.2, 0.25) is 0 Å². The molecule has 0 aliphatic carbocycles. The third-order valence-corrected chi connectivity index (χ3v) is 3.57. The number of pyridine rings is 1. The van der Waals surface area contributed by atoms with E-state index < -0.39 is 5.97 Å². The number of rotatable bonds is 4. The number of nitrogens with one attached hydrogen (secondary N) is 1. The lowest BCUT2D eigenvalue weighted by Gasteiger charge is -2.06. The van der Waals surface area contributed by atoms with Crippen LogP contribution in [0.3, 0.4) is 0 Å². The van der Waals surface area contributed by atoms with Gasteiger partial charge in [0.05, 0.1) is 5.56 Å². The van der Waals surface area contributed by atoms with E-state index in [4.69, 9.17) is 16.7 Å². The third kappa shape index (κ3) is 3.00. The van der Waals surface area contributed by atoms with Gasteiger partial charge in [0, 0.05) is 6.54 Å². The van der Waals surface area contributed by atoms with E-state index in [9.17, 15) is 4.79 Å². The number of nitrogens with zero attached hydrogens (tertiary/aromatic N) is 1. The Kier molecular flexibility index (Phi) is 3.84. The minimum Gasteiger partial charge on any atom is -0.478 e. The molecule has 0 amide bonds. The summed E-state index contributed by atoms with van der Waals surface area (Å²) < 4.78 is 0. The summed E-state index contributed by atoms with van der Waals surface area (Å²) in [5, 5.41) is 16.3. The van der Waals surface area contributed by atoms with Crippen molar-refractivity contribution in [3.63, 3.8) is 0 Å². The molecule has 0 saturated heterocycles. The maximum Gasteiger partial charge on any atom is 0.335 e. The number of carboxylic acids is 1. The Hall–Kier alpha value is -1.59. The van der Waals surface area contributed by atoms with Crippen molar-refractivity contribution in [1.82, 2.24) is 4.98 Å². The van der Waals surface area contributed by atoms with Crippen molar-refractivity contribution in [3.05, 3.63) is 44.7 Å². The molecule has 0 aliphatic rings. The molecular formula is C12H11ClN2O2S. The van der Waals surface area contributed by atoms with Gasteiger partial charge in [0.15, 0.2) is 0 Å². The van der Waals surface area contributed by atoms with Crippen molar-refractivity contribution in [3.8, 4) is 0 Å². The fourth-order valence-corrected chi connectivity index (χ4v) is 2.53. The number of thiophene rings is 1. The lowest BCUT2D eigenvalue weighted by molar-refractivity contribution is 0.0697. The zero-order chi connectivity index (χ0) is 13.1. The first-order valence-electron chi connectivity index (χ1n) is 5.22. The average Bonchev–Trinajstić information content (AvgIpc) is 2.71. The monoisotopic (exact) mass is 282 g/mol. The van der Waals surface area contributed by atoms with Gasteiger partial charge in [-0.3, -0.25) is 0 Å². The van der Waals surface area contributed by atoms with Gasteiger partial charge in [-0.1, -0.05) is 11.6 Å². The Morgan fingerprint density at radius 3 is 2.89 bits per heavy atom. The van der Waals surface area contributed by atoms with E-state index in [-0.39, 0.29) is 10.7 Å². The van der Waals surface area contributed by atoms with Crippen LogP contribution in [0.5, 0.6) is 0 Å². The van der Waals surface area contributed by atoms with Gasteiger partial charge in [-0.15, -0.1) is 0 Å². The normalized spacial score (nSPS) is 10.3. The number of hydrogen-bond acceptors (Lipinski definition) is 4. The SMILES string of the molecule is Cc1cscc1CNc1cc(C(=O)O)cc(Cl)n1. The molecule has 0 unspecified atom stereocenters. The summed E-state index contributed by atoms with van der Waals surface area (Å²) in [7, 11) is 0. The number of aryl methyl sites for hydroxylation is 1. The summed E-state index contributed by atoms with van der Waals surface area (Å²) >= 11 is 7.41. The van der Waals surface area contributed by atoms with E-state index in [1.54, 1.807) is 11.3 Å². The molecule has 0 fully saturated rings. The molecule has 94 valence electrons. The van der Waals surface area contributed by atoms with Gasteiger partial charge < -0.3 is 10.4 Å². The summed E-state index contributed by atoms with van der Waals surface area (Å²) in [6, 6.07) is 2.79. The van der Waals surface area contributed by atoms with Crippen molar-refractivity contribution in [1.29, 1.82) is 0 Å². The minimum absolute atomic E-state index is 0.125. The molecule has 0 radical (unpaired) electrons. The van der Waals surface area contributed by atoms with Crippen LogP contribution in [0.15, 0.2) is 22.9 Å². The topological polar surface area (TPSA) is 62.2 Å². The van der Waals surface area contributed by atoms with E-state index in [1.807, 2.05) is 12.3 Å². The Morgan fingerprint density at radius 2 is 2.28 bits per heavy atom. The van der Waals surface area contributed by atoms with Crippen LogP contribution < -0.4 is 5.32 Å². The molecule has 18 heavy (non-hydrogen) atoms. The summed E-state index contributed by atoms with van der Waals surface area (Å²) in [6.45, 7) is 2.63. The average molecular weight is 283 g/mol. The van der Waals surface area contributed by atoms with Crippen LogP contribution in [0.25, 0.3) is 0 Å². The van der Waals surface area contributed by atoms with Crippen LogP contribution in [-0.4, -0.2) is 16.1 Å². The van der Waals surface area contributed by atoms with E-state index >= 15 is 0 Å². The molecule has 0 saturated carbocycles. The van der Waals surface area contributed by atoms with Crippen molar-refractivity contribution < 1.29 is 9.90 Å². The van der Waals surface area contributed by atoms with Gasteiger partial charge in [-0.25, -0.2) is 9.78 Å². The number of halogens is 1. The molecule has 2 aromatic heterocycles. The van der Waals surface area contributed by atoms with E-state index in [2.05, 4.69) is 15.7 Å². The fourth-order valence-electron chi connectivity index (χ4n) is 1.46. The zero-order valence-corrected chi connectivity index (χ0v) is 11.2. The number of anilines is 1. The summed E-state index contributed by atoms with van der Waals surface area (Å²) in [5.41, 5.74) is 2.49. The number of carbonyl (C=O) groups is 1. The lowest BCUT2D eigenvalue weighted by Crippen LogP contribution is -2.04. The molecule has 0 spiro atoms. The second-order valence-corrected chi connectivity index (χ2v) is 4.93. The number of carboxylic acid groups (broad SMARTS) is 1. The summed E-state index contributed by atoms with van der Waals surface area (Å²) in [5.74, 6) is -0.556. The summed E-state index contributed by atoms with van der Waals surface area (Å²) in [4.78, 5) is 14.9. The van der Waals surface area contributed by atoms with Crippen LogP contribution in [0.2, 0.25) is 5.15 Å².